The van der Waals surface area contributed by atoms with Crippen molar-refractivity contribution in [1.82, 2.24) is 9.97 Å². The van der Waals surface area contributed by atoms with Crippen molar-refractivity contribution in [2.24, 2.45) is 0 Å². The average molecular weight is 691 g/mol. The van der Waals surface area contributed by atoms with E-state index in [0.29, 0.717) is 5.82 Å². The van der Waals surface area contributed by atoms with Crippen LogP contribution in [0.2, 0.25) is 0 Å². The topological polar surface area (TPSA) is 25.8 Å². The summed E-state index contributed by atoms with van der Waals surface area (Å²) in [6, 6.07) is 62.9. The lowest BCUT2D eigenvalue weighted by atomic mass is 9.89. The zero-order valence-electron chi connectivity index (χ0n) is 30.4. The molecule has 8 aromatic carbocycles. The fraction of sp³-hybridized carbons (Fsp3) is 0.0385. The summed E-state index contributed by atoms with van der Waals surface area (Å²) in [7, 11) is 0. The van der Waals surface area contributed by atoms with E-state index in [1.54, 1.807) is 0 Å². The maximum Gasteiger partial charge on any atom is 0.160 e. The van der Waals surface area contributed by atoms with E-state index in [1.807, 2.05) is 12.1 Å². The third-order valence-electron chi connectivity index (χ3n) is 10.3. The van der Waals surface area contributed by atoms with Crippen molar-refractivity contribution >= 4 is 37.9 Å². The number of hydrogen-bond donors (Lipinski definition) is 0. The van der Waals surface area contributed by atoms with E-state index < -0.39 is 0 Å². The first kappa shape index (κ1) is 33.0. The van der Waals surface area contributed by atoms with Crippen molar-refractivity contribution in [3.63, 3.8) is 0 Å². The van der Waals surface area contributed by atoms with Crippen LogP contribution in [0.25, 0.3) is 94.0 Å². The molecule has 2 nitrogen and oxygen atoms in total. The van der Waals surface area contributed by atoms with Crippen LogP contribution in [0.15, 0.2) is 194 Å². The first-order valence-electron chi connectivity index (χ1n) is 18.6. The highest BCUT2D eigenvalue weighted by atomic mass is 14.9. The summed E-state index contributed by atoms with van der Waals surface area (Å²) >= 11 is 0. The Hall–Kier alpha value is -6.90. The molecular formula is C52H38N2. The highest BCUT2D eigenvalue weighted by molar-refractivity contribution is 6.26. The lowest BCUT2D eigenvalue weighted by Crippen LogP contribution is -1.96. The zero-order valence-corrected chi connectivity index (χ0v) is 30.4. The number of aromatic nitrogens is 2. The molecule has 0 saturated heterocycles. The molecule has 2 heteroatoms. The van der Waals surface area contributed by atoms with Crippen LogP contribution in [0, 0.1) is 0 Å². The summed E-state index contributed by atoms with van der Waals surface area (Å²) in [5.74, 6) is 0.705. The Morgan fingerprint density at radius 3 is 1.39 bits per heavy atom. The Labute approximate surface area is 316 Å². The molecule has 0 atom stereocenters. The van der Waals surface area contributed by atoms with Crippen LogP contribution < -0.4 is 0 Å². The molecule has 0 saturated carbocycles. The molecule has 1 heterocycles. The first-order valence-corrected chi connectivity index (χ1v) is 18.6. The predicted octanol–water partition coefficient (Wildman–Crippen LogP) is 14.3. The predicted molar refractivity (Wildman–Crippen MR) is 230 cm³/mol. The molecule has 54 heavy (non-hydrogen) atoms. The van der Waals surface area contributed by atoms with Crippen molar-refractivity contribution in [2.45, 2.75) is 13.8 Å². The molecule has 0 radical (unpaired) electrons. The molecule has 0 N–H and O–H groups in total. The second kappa shape index (κ2) is 14.3. The Morgan fingerprint density at radius 1 is 0.370 bits per heavy atom. The zero-order chi connectivity index (χ0) is 36.4. The van der Waals surface area contributed by atoms with E-state index in [0.717, 1.165) is 39.2 Å². The van der Waals surface area contributed by atoms with E-state index in [9.17, 15) is 0 Å². The normalized spacial score (nSPS) is 11.9. The van der Waals surface area contributed by atoms with Gasteiger partial charge in [-0.15, -0.1) is 0 Å². The summed E-state index contributed by atoms with van der Waals surface area (Å²) in [6.07, 6.45) is 6.48. The maximum absolute atomic E-state index is 5.11. The van der Waals surface area contributed by atoms with Gasteiger partial charge in [0, 0.05) is 16.7 Å². The van der Waals surface area contributed by atoms with Gasteiger partial charge in [0.2, 0.25) is 0 Å². The molecule has 0 bridgehead atoms. The first-order chi connectivity index (χ1) is 26.7. The second-order valence-electron chi connectivity index (χ2n) is 13.7. The van der Waals surface area contributed by atoms with Gasteiger partial charge in [-0.25, -0.2) is 9.97 Å². The van der Waals surface area contributed by atoms with E-state index in [4.69, 9.17) is 9.97 Å². The van der Waals surface area contributed by atoms with Gasteiger partial charge >= 0.3 is 0 Å². The van der Waals surface area contributed by atoms with Gasteiger partial charge in [0.25, 0.3) is 0 Å². The molecule has 0 spiro atoms. The van der Waals surface area contributed by atoms with Gasteiger partial charge in [-0.05, 0) is 110 Å². The quantitative estimate of drug-likeness (QED) is 0.123. The summed E-state index contributed by atoms with van der Waals surface area (Å²) in [6.45, 7) is 4.18. The van der Waals surface area contributed by atoms with Gasteiger partial charge in [-0.3, -0.25) is 0 Å². The van der Waals surface area contributed by atoms with Gasteiger partial charge < -0.3 is 0 Å². The fourth-order valence-electron chi connectivity index (χ4n) is 7.64. The van der Waals surface area contributed by atoms with Crippen molar-refractivity contribution in [2.75, 3.05) is 0 Å². The number of rotatable bonds is 7. The summed E-state index contributed by atoms with van der Waals surface area (Å²) in [5, 5.41) is 7.49. The molecule has 9 rings (SSSR count). The SMILES string of the molecule is C/C=C\C(=C/C)c1ccc2c(c1)c1ccc(-c3ccccc3)cc1c1ccc(-c3cccc(-c4nc(-c5ccccc5)cc(-c5ccccc5)n4)c3)cc21. The van der Waals surface area contributed by atoms with Gasteiger partial charge in [0.05, 0.1) is 11.4 Å². The summed E-state index contributed by atoms with van der Waals surface area (Å²) in [4.78, 5) is 10.2. The number of allylic oxidation sites excluding steroid dienone is 4. The van der Waals surface area contributed by atoms with Crippen molar-refractivity contribution in [3.05, 3.63) is 200 Å². The van der Waals surface area contributed by atoms with Crippen LogP contribution in [-0.2, 0) is 0 Å². The lowest BCUT2D eigenvalue weighted by molar-refractivity contribution is 1.18. The van der Waals surface area contributed by atoms with Crippen molar-refractivity contribution < 1.29 is 0 Å². The van der Waals surface area contributed by atoms with E-state index in [2.05, 4.69) is 196 Å². The molecule has 9 aromatic rings. The summed E-state index contributed by atoms with van der Waals surface area (Å²) < 4.78 is 0. The fourth-order valence-corrected chi connectivity index (χ4v) is 7.64. The smallest absolute Gasteiger partial charge is 0.160 e. The molecule has 0 unspecified atom stereocenters. The monoisotopic (exact) mass is 690 g/mol. The Kier molecular flexibility index (Phi) is 8.70. The standard InChI is InChI=1S/C52H38N2/c1-3-15-35(4-2)40-24-27-44-47(31-40)45-28-25-41(36-16-8-5-9-17-36)32-48(45)46-29-26-42(33-49(44)46)39-22-14-23-43(30-39)52-53-50(37-18-10-6-11-19-37)34-51(54-52)38-20-12-7-13-21-38/h3-34H,1-2H3/b15-3-,35-4+. The Bertz CT molecular complexity index is 2810. The largest absolute Gasteiger partial charge is 0.228 e. The van der Waals surface area contributed by atoms with Crippen LogP contribution in [0.5, 0.6) is 0 Å². The van der Waals surface area contributed by atoms with Crippen LogP contribution in [0.3, 0.4) is 0 Å². The third kappa shape index (κ3) is 6.18. The van der Waals surface area contributed by atoms with Crippen LogP contribution in [0.1, 0.15) is 19.4 Å². The van der Waals surface area contributed by atoms with Crippen LogP contribution >= 0.6 is 0 Å². The minimum Gasteiger partial charge on any atom is -0.228 e. The molecule has 0 aliphatic carbocycles. The minimum absolute atomic E-state index is 0.705. The molecule has 0 aliphatic rings. The number of fused-ring (bicyclic) bond motifs is 6. The Morgan fingerprint density at radius 2 is 0.833 bits per heavy atom. The average Bonchev–Trinajstić information content (AvgIpc) is 3.26. The maximum atomic E-state index is 5.11. The lowest BCUT2D eigenvalue weighted by Gasteiger charge is -2.15. The van der Waals surface area contributed by atoms with E-state index in [-0.39, 0.29) is 0 Å². The van der Waals surface area contributed by atoms with E-state index >= 15 is 0 Å². The number of hydrogen-bond acceptors (Lipinski definition) is 2. The van der Waals surface area contributed by atoms with E-state index in [1.165, 1.54) is 54.6 Å². The molecule has 1 aromatic heterocycles. The molecule has 256 valence electrons. The van der Waals surface area contributed by atoms with Crippen LogP contribution in [-0.4, -0.2) is 9.97 Å². The second-order valence-corrected chi connectivity index (χ2v) is 13.7. The van der Waals surface area contributed by atoms with Crippen molar-refractivity contribution in [3.8, 4) is 56.2 Å². The highest BCUT2D eigenvalue weighted by Gasteiger charge is 2.15. The molecular weight excluding hydrogens is 653 g/mol. The van der Waals surface area contributed by atoms with Crippen LogP contribution in [0.4, 0.5) is 0 Å². The summed E-state index contributed by atoms with van der Waals surface area (Å²) in [5.41, 5.74) is 12.0. The van der Waals surface area contributed by atoms with Crippen molar-refractivity contribution in [1.29, 1.82) is 0 Å². The molecule has 0 aliphatic heterocycles. The Balaban J connectivity index is 1.22. The molecule has 0 fully saturated rings. The molecule has 0 amide bonds. The number of benzene rings is 8. The number of nitrogens with zero attached hydrogens (tertiary/aromatic N) is 2. The van der Waals surface area contributed by atoms with Gasteiger partial charge in [0.15, 0.2) is 5.82 Å². The van der Waals surface area contributed by atoms with Gasteiger partial charge in [-0.1, -0.05) is 164 Å². The highest BCUT2D eigenvalue weighted by Crippen LogP contribution is 2.40. The van der Waals surface area contributed by atoms with Gasteiger partial charge in [0.1, 0.15) is 0 Å². The van der Waals surface area contributed by atoms with Gasteiger partial charge in [-0.2, -0.15) is 0 Å². The third-order valence-corrected chi connectivity index (χ3v) is 10.3. The minimum atomic E-state index is 0.705.